The van der Waals surface area contributed by atoms with Gasteiger partial charge in [-0.2, -0.15) is 11.1 Å². The number of fused-ring (bicyclic) bond motifs is 2. The van der Waals surface area contributed by atoms with Gasteiger partial charge in [0, 0.05) is 0 Å². The minimum absolute atomic E-state index is 0. The molecule has 0 radical (unpaired) electrons. The molecule has 0 saturated heterocycles. The predicted molar refractivity (Wildman–Crippen MR) is 114 cm³/mol. The molecule has 0 aromatic heterocycles. The summed E-state index contributed by atoms with van der Waals surface area (Å²) in [6.45, 7) is 8.64. The summed E-state index contributed by atoms with van der Waals surface area (Å²) in [7, 11) is 0. The van der Waals surface area contributed by atoms with Gasteiger partial charge in [-0.25, -0.2) is 0 Å². The number of benzene rings is 2. The van der Waals surface area contributed by atoms with Crippen LogP contribution in [0.4, 0.5) is 0 Å². The van der Waals surface area contributed by atoms with Crippen LogP contribution in [-0.2, 0) is 37.1 Å². The molecule has 0 spiro atoms. The maximum atomic E-state index is 2.21. The number of rotatable bonds is 2. The third-order valence-corrected chi connectivity index (χ3v) is 4.30. The smallest absolute Gasteiger partial charge is 1.00 e. The largest absolute Gasteiger partial charge is 1.00 e. The van der Waals surface area contributed by atoms with Crippen LogP contribution >= 0.6 is 0 Å². The summed E-state index contributed by atoms with van der Waals surface area (Å²) in [6.07, 6.45) is 2.26. The quantitative estimate of drug-likeness (QED) is 0.368. The Morgan fingerprint density at radius 2 is 1.04 bits per heavy atom. The van der Waals surface area contributed by atoms with Crippen LogP contribution in [0.25, 0.3) is 21.5 Å². The zero-order valence-corrected chi connectivity index (χ0v) is 21.1. The number of hydrogen-bond acceptors (Lipinski definition) is 0. The second-order valence-corrected chi connectivity index (χ2v) is 9.06. The first-order valence-electron chi connectivity index (χ1n) is 9.35. The third-order valence-electron chi connectivity index (χ3n) is 4.30. The van der Waals surface area contributed by atoms with Gasteiger partial charge in [-0.05, 0) is 0 Å². The molecule has 0 atom stereocenters. The Labute approximate surface area is 197 Å². The van der Waals surface area contributed by atoms with Crippen molar-refractivity contribution in [1.82, 2.24) is 0 Å². The van der Waals surface area contributed by atoms with E-state index in [2.05, 4.69) is 100 Å². The van der Waals surface area contributed by atoms with Crippen molar-refractivity contribution in [3.05, 3.63) is 83.9 Å². The first kappa shape index (κ1) is 27.0. The van der Waals surface area contributed by atoms with E-state index in [9.17, 15) is 0 Å². The molecule has 3 heteroatoms. The maximum Gasteiger partial charge on any atom is -1.00 e. The number of halogens is 2. The molecule has 28 heavy (non-hydrogen) atoms. The molecule has 0 unspecified atom stereocenters. The van der Waals surface area contributed by atoms with Crippen molar-refractivity contribution in [3.8, 4) is 0 Å². The van der Waals surface area contributed by atoms with Crippen molar-refractivity contribution in [1.29, 1.82) is 0 Å². The van der Waals surface area contributed by atoms with Gasteiger partial charge in [0.25, 0.3) is 0 Å². The molecule has 0 N–H and O–H groups in total. The average Bonchev–Trinajstić information content (AvgIpc) is 3.25. The van der Waals surface area contributed by atoms with Crippen LogP contribution in [-0.4, -0.2) is 3.21 Å². The first-order valence-corrected chi connectivity index (χ1v) is 10.6. The van der Waals surface area contributed by atoms with E-state index in [1.807, 2.05) is 0 Å². The fourth-order valence-electron chi connectivity index (χ4n) is 3.05. The number of aryl methyl sites for hydroxylation is 2. The summed E-state index contributed by atoms with van der Waals surface area (Å²) in [5.74, 6) is 0. The van der Waals surface area contributed by atoms with Gasteiger partial charge in [0.1, 0.15) is 0 Å². The minimum atomic E-state index is 0. The van der Waals surface area contributed by atoms with E-state index in [0.717, 1.165) is 12.8 Å². The topological polar surface area (TPSA) is 0 Å². The summed E-state index contributed by atoms with van der Waals surface area (Å²) in [5, 5.41) is 5.55. The molecule has 4 aromatic carbocycles. The van der Waals surface area contributed by atoms with Crippen molar-refractivity contribution in [2.24, 2.45) is 0 Å². The molecule has 0 nitrogen and oxygen atoms in total. The van der Waals surface area contributed by atoms with Crippen LogP contribution < -0.4 is 24.8 Å². The zero-order valence-electron chi connectivity index (χ0n) is 17.1. The molecule has 4 aromatic rings. The number of hydrogen-bond donors (Lipinski definition) is 0. The molecule has 4 rings (SSSR count). The van der Waals surface area contributed by atoms with Crippen LogP contribution in [0.2, 0.25) is 0 Å². The van der Waals surface area contributed by atoms with Crippen molar-refractivity contribution >= 4 is 24.8 Å². The van der Waals surface area contributed by atoms with Gasteiger partial charge in [0.2, 0.25) is 0 Å². The molecule has 0 aliphatic heterocycles. The van der Waals surface area contributed by atoms with Gasteiger partial charge in [0.15, 0.2) is 0 Å². The fraction of sp³-hybridized carbons (Fsp3) is 0.240. The standard InChI is InChI=1S/2C11H11.C3H6.2ClH.Zr/c2*1-2-9-7-8-10-5-3-4-6-11(9)10;1-3-2;;;/h2*3-8H,2H2,1H3;1-2H3;2*1H;/q2*-1;;;;+2/p-2. The normalized spacial score (nSPS) is 9.36. The van der Waals surface area contributed by atoms with Gasteiger partial charge < -0.3 is 24.8 Å². The molecule has 148 valence electrons. The summed E-state index contributed by atoms with van der Waals surface area (Å²) in [6, 6.07) is 25.9. The van der Waals surface area contributed by atoms with Gasteiger partial charge in [-0.1, -0.05) is 38.8 Å². The van der Waals surface area contributed by atoms with Crippen molar-refractivity contribution in [2.75, 3.05) is 0 Å². The molecule has 0 heterocycles. The van der Waals surface area contributed by atoms with Crippen LogP contribution in [0.15, 0.2) is 72.8 Å². The Bertz CT molecular complexity index is 885. The molecule has 0 fully saturated rings. The van der Waals surface area contributed by atoms with Crippen molar-refractivity contribution in [2.45, 2.75) is 40.5 Å². The van der Waals surface area contributed by atoms with Crippen molar-refractivity contribution in [3.63, 3.8) is 0 Å². The van der Waals surface area contributed by atoms with Gasteiger partial charge >= 0.3 is 41.3 Å². The molecule has 0 amide bonds. The van der Waals surface area contributed by atoms with Gasteiger partial charge in [-0.15, -0.1) is 82.2 Å². The molecular formula is C25H28Cl2Zr-2. The fourth-order valence-corrected chi connectivity index (χ4v) is 3.05. The van der Waals surface area contributed by atoms with E-state index < -0.39 is 0 Å². The minimum Gasteiger partial charge on any atom is -1.00 e. The first-order chi connectivity index (χ1) is 12.6. The third kappa shape index (κ3) is 7.78. The zero-order chi connectivity index (χ0) is 18.9. The summed E-state index contributed by atoms with van der Waals surface area (Å²) in [5.41, 5.74) is 2.92. The molecule has 0 aliphatic rings. The van der Waals surface area contributed by atoms with Gasteiger partial charge in [0.05, 0.1) is 0 Å². The average molecular weight is 491 g/mol. The molecular weight excluding hydrogens is 462 g/mol. The van der Waals surface area contributed by atoms with Crippen LogP contribution in [0, 0.1) is 0 Å². The van der Waals surface area contributed by atoms with Crippen LogP contribution in [0.1, 0.15) is 38.8 Å². The molecule has 0 saturated carbocycles. The summed E-state index contributed by atoms with van der Waals surface area (Å²) < 4.78 is 1.51. The van der Waals surface area contributed by atoms with E-state index in [4.69, 9.17) is 0 Å². The Morgan fingerprint density at radius 3 is 1.36 bits per heavy atom. The Hall–Kier alpha value is -1.01. The monoisotopic (exact) mass is 488 g/mol. The van der Waals surface area contributed by atoms with Crippen LogP contribution in [0.5, 0.6) is 0 Å². The maximum absolute atomic E-state index is 2.21. The van der Waals surface area contributed by atoms with E-state index in [1.54, 1.807) is 24.2 Å². The summed E-state index contributed by atoms with van der Waals surface area (Å²) >= 11 is 1.55. The van der Waals surface area contributed by atoms with Gasteiger partial charge in [-0.3, -0.25) is 0 Å². The Balaban J connectivity index is 0.000000415. The second-order valence-electron chi connectivity index (χ2n) is 6.60. The molecule has 0 aliphatic carbocycles. The molecule has 0 bridgehead atoms. The van der Waals surface area contributed by atoms with E-state index in [0.29, 0.717) is 0 Å². The van der Waals surface area contributed by atoms with E-state index in [-0.39, 0.29) is 24.8 Å². The Morgan fingerprint density at radius 1 is 0.714 bits per heavy atom. The van der Waals surface area contributed by atoms with E-state index in [1.165, 1.54) is 35.9 Å². The Kier molecular flexibility index (Phi) is 13.5. The van der Waals surface area contributed by atoms with Crippen molar-refractivity contribution < 1.29 is 49.0 Å². The summed E-state index contributed by atoms with van der Waals surface area (Å²) in [4.78, 5) is 0. The van der Waals surface area contributed by atoms with Crippen LogP contribution in [0.3, 0.4) is 0 Å². The van der Waals surface area contributed by atoms with E-state index >= 15 is 0 Å². The second kappa shape index (κ2) is 14.1. The SMILES string of the molecule is CCc1c[cH-]c2ccccc12.CCc1c[cH-]c2ccccc12.C[C](C)=[Zr+2].[Cl-].[Cl-]. The predicted octanol–water partition coefficient (Wildman–Crippen LogP) is 0.996.